The molecular formula is C48H31BN2O. The van der Waals surface area contributed by atoms with E-state index in [1.54, 1.807) is 0 Å². The third kappa shape index (κ3) is 4.28. The molecule has 0 saturated heterocycles. The largest absolute Gasteiger partial charge is 0.551 e. The van der Waals surface area contributed by atoms with Gasteiger partial charge in [-0.15, -0.1) is 0 Å². The lowest BCUT2D eigenvalue weighted by atomic mass is 9.49. The maximum Gasteiger partial charge on any atom is 0.431 e. The topological polar surface area (TPSA) is 17.4 Å². The predicted molar refractivity (Wildman–Crippen MR) is 217 cm³/mol. The molecule has 0 N–H and O–H groups in total. The first-order valence-corrected chi connectivity index (χ1v) is 17.9. The molecular weight excluding hydrogens is 631 g/mol. The molecule has 0 bridgehead atoms. The van der Waals surface area contributed by atoms with Crippen molar-refractivity contribution in [3.8, 4) is 44.8 Å². The van der Waals surface area contributed by atoms with Crippen LogP contribution < -0.4 is 20.5 Å². The van der Waals surface area contributed by atoms with Crippen LogP contribution in [0.4, 0.5) is 17.1 Å². The molecule has 0 amide bonds. The average molecular weight is 663 g/mol. The third-order valence-corrected chi connectivity index (χ3v) is 10.8. The van der Waals surface area contributed by atoms with E-state index in [0.29, 0.717) is 0 Å². The highest BCUT2D eigenvalue weighted by atomic mass is 16.4. The first-order chi connectivity index (χ1) is 25.8. The van der Waals surface area contributed by atoms with Gasteiger partial charge in [-0.1, -0.05) is 140 Å². The zero-order valence-corrected chi connectivity index (χ0v) is 28.3. The maximum absolute atomic E-state index is 7.14. The monoisotopic (exact) mass is 662 g/mol. The van der Waals surface area contributed by atoms with Gasteiger partial charge in [-0.3, -0.25) is 0 Å². The van der Waals surface area contributed by atoms with E-state index in [-0.39, 0.29) is 6.92 Å². The van der Waals surface area contributed by atoms with Gasteiger partial charge in [-0.2, -0.15) is 0 Å². The molecule has 0 saturated carbocycles. The van der Waals surface area contributed by atoms with Crippen LogP contribution in [0.1, 0.15) is 0 Å². The van der Waals surface area contributed by atoms with E-state index in [2.05, 4.69) is 198 Å². The molecule has 0 fully saturated rings. The predicted octanol–water partition coefficient (Wildman–Crippen LogP) is 11.1. The number of hydrogen-bond donors (Lipinski definition) is 0. The maximum atomic E-state index is 7.14. The number of rotatable bonds is 4. The van der Waals surface area contributed by atoms with E-state index in [4.69, 9.17) is 4.65 Å². The first kappa shape index (κ1) is 29.0. The van der Waals surface area contributed by atoms with E-state index in [9.17, 15) is 0 Å². The number of para-hydroxylation sites is 3. The summed E-state index contributed by atoms with van der Waals surface area (Å²) in [5.74, 6) is 0.909. The van der Waals surface area contributed by atoms with Crippen molar-refractivity contribution in [3.63, 3.8) is 0 Å². The van der Waals surface area contributed by atoms with Crippen LogP contribution in [-0.2, 0) is 0 Å². The highest BCUT2D eigenvalue weighted by Crippen LogP contribution is 2.49. The number of nitrogens with zero attached hydrogens (tertiary/aromatic N) is 2. The van der Waals surface area contributed by atoms with Gasteiger partial charge in [0.05, 0.1) is 11.0 Å². The Balaban J connectivity index is 1.26. The molecule has 3 heterocycles. The lowest BCUT2D eigenvalue weighted by Crippen LogP contribution is -2.56. The van der Waals surface area contributed by atoms with Gasteiger partial charge in [0.15, 0.2) is 0 Å². The van der Waals surface area contributed by atoms with Crippen molar-refractivity contribution in [2.45, 2.75) is 0 Å². The van der Waals surface area contributed by atoms with Crippen LogP contribution in [0.5, 0.6) is 5.75 Å². The van der Waals surface area contributed by atoms with Gasteiger partial charge in [0, 0.05) is 44.5 Å². The van der Waals surface area contributed by atoms with Gasteiger partial charge in [0.2, 0.25) is 0 Å². The number of hydrogen-bond acceptors (Lipinski definition) is 2. The molecule has 0 radical (unpaired) electrons. The minimum Gasteiger partial charge on any atom is -0.551 e. The molecule has 11 rings (SSSR count). The van der Waals surface area contributed by atoms with Gasteiger partial charge in [-0.25, -0.2) is 0 Å². The van der Waals surface area contributed by atoms with Gasteiger partial charge >= 0.3 is 6.92 Å². The molecule has 242 valence electrons. The SMILES string of the molecule is c1ccc(-c2ccc(N3c4ccc(-c5ccccc5)cc4B4Oc5ccccc5-c5c4c3cc3c5c4ccccc4n3-c3ccccc3)cc2)cc1. The van der Waals surface area contributed by atoms with Crippen molar-refractivity contribution in [1.29, 1.82) is 0 Å². The van der Waals surface area contributed by atoms with Gasteiger partial charge in [-0.05, 0) is 81.8 Å². The van der Waals surface area contributed by atoms with Gasteiger partial charge in [0.1, 0.15) is 5.75 Å². The average Bonchev–Trinajstić information content (AvgIpc) is 3.56. The molecule has 0 spiro atoms. The first-order valence-electron chi connectivity index (χ1n) is 17.9. The summed E-state index contributed by atoms with van der Waals surface area (Å²) in [4.78, 5) is 2.46. The van der Waals surface area contributed by atoms with Crippen LogP contribution in [0.2, 0.25) is 0 Å². The molecule has 2 aliphatic rings. The van der Waals surface area contributed by atoms with E-state index in [1.807, 2.05) is 0 Å². The minimum atomic E-state index is -0.290. The number of benzene rings is 8. The number of fused-ring (bicyclic) bond motifs is 8. The second-order valence-electron chi connectivity index (χ2n) is 13.6. The fourth-order valence-electron chi connectivity index (χ4n) is 8.52. The van der Waals surface area contributed by atoms with Crippen molar-refractivity contribution in [2.75, 3.05) is 4.90 Å². The number of anilines is 3. The van der Waals surface area contributed by atoms with Crippen molar-refractivity contribution >= 4 is 56.7 Å². The summed E-state index contributed by atoms with van der Waals surface area (Å²) in [5, 5.41) is 2.48. The van der Waals surface area contributed by atoms with Gasteiger partial charge in [0.25, 0.3) is 0 Å². The minimum absolute atomic E-state index is 0.290. The Kier molecular flexibility index (Phi) is 6.35. The van der Waals surface area contributed by atoms with E-state index in [0.717, 1.165) is 39.5 Å². The highest BCUT2D eigenvalue weighted by molar-refractivity contribution is 6.86. The summed E-state index contributed by atoms with van der Waals surface area (Å²) < 4.78 is 9.57. The summed E-state index contributed by atoms with van der Waals surface area (Å²) >= 11 is 0. The summed E-state index contributed by atoms with van der Waals surface area (Å²) in [7, 11) is 0. The molecule has 1 aromatic heterocycles. The van der Waals surface area contributed by atoms with Crippen molar-refractivity contribution in [2.24, 2.45) is 0 Å². The standard InChI is InChI=1S/C48H31BN2O/c1-4-14-32(15-5-1)34-24-27-37(28-25-34)51-42-29-26-35(33-16-6-2-7-17-33)30-40(42)49-48-44(51)31-43-46(47(48)39-21-11-13-23-45(39)52-49)38-20-10-12-22-41(38)50(43)36-18-8-3-9-19-36/h1-31H. The summed E-state index contributed by atoms with van der Waals surface area (Å²) in [6.07, 6.45) is 0. The lowest BCUT2D eigenvalue weighted by molar-refractivity contribution is 0.590. The Hall–Kier alpha value is -6.78. The Bertz CT molecular complexity index is 2810. The van der Waals surface area contributed by atoms with Crippen molar-refractivity contribution in [3.05, 3.63) is 188 Å². The van der Waals surface area contributed by atoms with E-state index < -0.39 is 0 Å². The highest BCUT2D eigenvalue weighted by Gasteiger charge is 2.44. The second kappa shape index (κ2) is 11.4. The second-order valence-corrected chi connectivity index (χ2v) is 13.6. The number of aromatic nitrogens is 1. The Morgan fingerprint density at radius 1 is 0.442 bits per heavy atom. The molecule has 52 heavy (non-hydrogen) atoms. The van der Waals surface area contributed by atoms with Crippen LogP contribution in [0, 0.1) is 0 Å². The molecule has 0 unspecified atom stereocenters. The van der Waals surface area contributed by atoms with Crippen LogP contribution in [-0.4, -0.2) is 11.5 Å². The molecule has 4 heteroatoms. The lowest BCUT2D eigenvalue weighted by Gasteiger charge is -2.40. The molecule has 0 atom stereocenters. The Morgan fingerprint density at radius 3 is 1.83 bits per heavy atom. The molecule has 0 aliphatic carbocycles. The fraction of sp³-hybridized carbons (Fsp3) is 0. The van der Waals surface area contributed by atoms with E-state index >= 15 is 0 Å². The zero-order valence-electron chi connectivity index (χ0n) is 28.3. The van der Waals surface area contributed by atoms with Gasteiger partial charge < -0.3 is 14.1 Å². The fourth-order valence-corrected chi connectivity index (χ4v) is 8.52. The zero-order chi connectivity index (χ0) is 34.2. The molecule has 3 nitrogen and oxygen atoms in total. The normalized spacial score (nSPS) is 12.7. The van der Waals surface area contributed by atoms with Crippen molar-refractivity contribution in [1.82, 2.24) is 4.57 Å². The van der Waals surface area contributed by atoms with Crippen molar-refractivity contribution < 1.29 is 4.65 Å². The summed E-state index contributed by atoms with van der Waals surface area (Å²) in [6, 6.07) is 67.7. The molecule has 8 aromatic carbocycles. The quantitative estimate of drug-likeness (QED) is 0.175. The summed E-state index contributed by atoms with van der Waals surface area (Å²) in [6.45, 7) is -0.290. The van der Waals surface area contributed by atoms with Crippen LogP contribution in [0.15, 0.2) is 188 Å². The van der Waals surface area contributed by atoms with E-state index in [1.165, 1.54) is 55.1 Å². The molecule has 9 aromatic rings. The molecule has 2 aliphatic heterocycles. The van der Waals surface area contributed by atoms with Crippen LogP contribution in [0.3, 0.4) is 0 Å². The Labute approximate surface area is 302 Å². The third-order valence-electron chi connectivity index (χ3n) is 10.8. The van der Waals surface area contributed by atoms with Crippen LogP contribution in [0.25, 0.3) is 60.9 Å². The smallest absolute Gasteiger partial charge is 0.431 e. The van der Waals surface area contributed by atoms with Crippen LogP contribution >= 0.6 is 0 Å². The summed E-state index contributed by atoms with van der Waals surface area (Å²) in [5.41, 5.74) is 16.3. The Morgan fingerprint density at radius 2 is 1.06 bits per heavy atom.